The van der Waals surface area contributed by atoms with Crippen molar-refractivity contribution < 1.29 is 4.79 Å². The minimum atomic E-state index is -0.441. The summed E-state index contributed by atoms with van der Waals surface area (Å²) in [6, 6.07) is 7.66. The number of amides is 1. The van der Waals surface area contributed by atoms with Crippen LogP contribution in [0.2, 0.25) is 5.02 Å². The molecule has 0 unspecified atom stereocenters. The third-order valence-electron chi connectivity index (χ3n) is 3.65. The van der Waals surface area contributed by atoms with Crippen molar-refractivity contribution in [2.24, 2.45) is 4.99 Å². The number of nitrogens with zero attached hydrogens (tertiary/aromatic N) is 1. The predicted molar refractivity (Wildman–Crippen MR) is 78.7 cm³/mol. The van der Waals surface area contributed by atoms with Crippen LogP contribution >= 0.6 is 11.6 Å². The molecule has 1 amide bonds. The summed E-state index contributed by atoms with van der Waals surface area (Å²) in [6.45, 7) is 1.95. The van der Waals surface area contributed by atoms with E-state index in [1.54, 1.807) is 0 Å². The Balaban J connectivity index is 2.30. The van der Waals surface area contributed by atoms with Gasteiger partial charge in [0.15, 0.2) is 0 Å². The number of carbonyl (C=O) groups excluding carboxylic acids is 1. The number of hydrogen-bond donors (Lipinski definition) is 1. The lowest BCUT2D eigenvalue weighted by Gasteiger charge is -2.33. The van der Waals surface area contributed by atoms with Gasteiger partial charge in [-0.25, -0.2) is 0 Å². The van der Waals surface area contributed by atoms with Gasteiger partial charge >= 0.3 is 0 Å². The first-order valence-corrected chi connectivity index (χ1v) is 7.07. The maximum absolute atomic E-state index is 10.9. The highest BCUT2D eigenvalue weighted by Gasteiger charge is 2.31. The van der Waals surface area contributed by atoms with Crippen LogP contribution in [0.3, 0.4) is 0 Å². The summed E-state index contributed by atoms with van der Waals surface area (Å²) in [7, 11) is 0. The molecule has 2 rings (SSSR count). The minimum Gasteiger partial charge on any atom is -0.334 e. The van der Waals surface area contributed by atoms with E-state index in [1.165, 1.54) is 6.42 Å². The third-order valence-corrected chi connectivity index (χ3v) is 3.98. The van der Waals surface area contributed by atoms with Gasteiger partial charge < -0.3 is 5.32 Å². The molecule has 4 heteroatoms. The lowest BCUT2D eigenvalue weighted by Crippen LogP contribution is -2.45. The van der Waals surface area contributed by atoms with Crippen molar-refractivity contribution >= 4 is 23.7 Å². The molecule has 1 aromatic carbocycles. The summed E-state index contributed by atoms with van der Waals surface area (Å²) in [5.41, 5.74) is 1.37. The van der Waals surface area contributed by atoms with E-state index in [0.29, 0.717) is 5.02 Å². The fourth-order valence-electron chi connectivity index (χ4n) is 2.67. The van der Waals surface area contributed by atoms with Crippen molar-refractivity contribution in [2.45, 2.75) is 44.7 Å². The molecule has 1 aliphatic rings. The van der Waals surface area contributed by atoms with E-state index in [1.807, 2.05) is 31.2 Å². The van der Waals surface area contributed by atoms with Gasteiger partial charge in [-0.3, -0.25) is 9.79 Å². The summed E-state index contributed by atoms with van der Waals surface area (Å²) in [5, 5.41) is 3.60. The first-order valence-electron chi connectivity index (χ1n) is 6.70. The fourth-order valence-corrected chi connectivity index (χ4v) is 2.94. The van der Waals surface area contributed by atoms with Crippen molar-refractivity contribution in [1.29, 1.82) is 0 Å². The number of rotatable bonds is 4. The number of aliphatic imine (C=N–C) groups is 1. The maximum Gasteiger partial charge on any atom is 0.208 e. The van der Waals surface area contributed by atoms with Gasteiger partial charge in [-0.05, 0) is 38.7 Å². The molecule has 3 nitrogen and oxygen atoms in total. The summed E-state index contributed by atoms with van der Waals surface area (Å²) >= 11 is 6.19. The van der Waals surface area contributed by atoms with Crippen LogP contribution in [0.1, 0.15) is 44.6 Å². The Morgan fingerprint density at radius 1 is 1.32 bits per heavy atom. The predicted octanol–water partition coefficient (Wildman–Crippen LogP) is 3.56. The Morgan fingerprint density at radius 2 is 2.00 bits per heavy atom. The molecular formula is C15H19ClN2O. The van der Waals surface area contributed by atoms with Crippen LogP contribution in [0, 0.1) is 0 Å². The second kappa shape index (κ2) is 6.20. The zero-order valence-electron chi connectivity index (χ0n) is 11.2. The zero-order chi connectivity index (χ0) is 13.7. The van der Waals surface area contributed by atoms with Gasteiger partial charge in [-0.15, -0.1) is 0 Å². The molecule has 0 saturated heterocycles. The van der Waals surface area contributed by atoms with Gasteiger partial charge in [-0.2, -0.15) is 0 Å². The molecule has 1 saturated carbocycles. The van der Waals surface area contributed by atoms with Gasteiger partial charge in [-0.1, -0.05) is 36.2 Å². The molecule has 102 valence electrons. The molecule has 1 N–H and O–H groups in total. The van der Waals surface area contributed by atoms with Gasteiger partial charge in [0.25, 0.3) is 0 Å². The summed E-state index contributed by atoms with van der Waals surface area (Å²) in [4.78, 5) is 15.6. The van der Waals surface area contributed by atoms with Crippen molar-refractivity contribution in [3.05, 3.63) is 34.9 Å². The van der Waals surface area contributed by atoms with Crippen molar-refractivity contribution in [3.63, 3.8) is 0 Å². The van der Waals surface area contributed by atoms with Crippen LogP contribution in [0.5, 0.6) is 0 Å². The Kier molecular flexibility index (Phi) is 4.59. The molecule has 1 aromatic rings. The standard InChI is InChI=1S/C15H19ClN2O/c1-12(13-7-3-4-8-14(13)16)18-15(17-11-19)9-5-2-6-10-15/h3-4,7-8,11H,2,5-6,9-10H2,1H3,(H,17,19). The van der Waals surface area contributed by atoms with Crippen molar-refractivity contribution in [1.82, 2.24) is 5.32 Å². The second-order valence-electron chi connectivity index (χ2n) is 5.03. The number of nitrogens with one attached hydrogen (secondary N) is 1. The van der Waals surface area contributed by atoms with E-state index in [9.17, 15) is 4.79 Å². The first-order chi connectivity index (χ1) is 9.17. The Morgan fingerprint density at radius 3 is 2.63 bits per heavy atom. The number of carbonyl (C=O) groups is 1. The van der Waals surface area contributed by atoms with Gasteiger partial charge in [0, 0.05) is 16.3 Å². The average molecular weight is 279 g/mol. The molecule has 0 heterocycles. The maximum atomic E-state index is 10.9. The SMILES string of the molecule is CC(=NC1(NC=O)CCCCC1)c1ccccc1Cl. The van der Waals surface area contributed by atoms with E-state index in [2.05, 4.69) is 5.32 Å². The third kappa shape index (κ3) is 3.35. The quantitative estimate of drug-likeness (QED) is 0.664. The number of hydrogen-bond acceptors (Lipinski definition) is 2. The van der Waals surface area contributed by atoms with E-state index >= 15 is 0 Å². The van der Waals surface area contributed by atoms with Crippen LogP contribution in [0.4, 0.5) is 0 Å². The van der Waals surface area contributed by atoms with E-state index in [0.717, 1.165) is 43.4 Å². The Bertz CT molecular complexity index is 479. The molecular weight excluding hydrogens is 260 g/mol. The highest BCUT2D eigenvalue weighted by molar-refractivity contribution is 6.34. The zero-order valence-corrected chi connectivity index (χ0v) is 11.9. The molecule has 0 bridgehead atoms. The second-order valence-corrected chi connectivity index (χ2v) is 5.44. The van der Waals surface area contributed by atoms with Gasteiger partial charge in [0.1, 0.15) is 5.66 Å². The van der Waals surface area contributed by atoms with E-state index in [4.69, 9.17) is 16.6 Å². The van der Waals surface area contributed by atoms with Gasteiger partial charge in [0.2, 0.25) is 6.41 Å². The lowest BCUT2D eigenvalue weighted by molar-refractivity contribution is -0.111. The summed E-state index contributed by atoms with van der Waals surface area (Å²) < 4.78 is 0. The van der Waals surface area contributed by atoms with E-state index in [-0.39, 0.29) is 0 Å². The molecule has 1 aliphatic carbocycles. The molecule has 0 atom stereocenters. The van der Waals surface area contributed by atoms with Crippen LogP contribution in [0.25, 0.3) is 0 Å². The Hall–Kier alpha value is -1.35. The average Bonchev–Trinajstić information content (AvgIpc) is 2.40. The monoisotopic (exact) mass is 278 g/mol. The highest BCUT2D eigenvalue weighted by atomic mass is 35.5. The van der Waals surface area contributed by atoms with Crippen LogP contribution in [-0.4, -0.2) is 17.8 Å². The molecule has 1 fully saturated rings. The topological polar surface area (TPSA) is 41.5 Å². The smallest absolute Gasteiger partial charge is 0.208 e. The van der Waals surface area contributed by atoms with Crippen LogP contribution < -0.4 is 5.32 Å². The highest BCUT2D eigenvalue weighted by Crippen LogP contribution is 2.30. The Labute approximate surface area is 119 Å². The van der Waals surface area contributed by atoms with E-state index < -0.39 is 5.66 Å². The fraction of sp³-hybridized carbons (Fsp3) is 0.467. The molecule has 19 heavy (non-hydrogen) atoms. The van der Waals surface area contributed by atoms with Crippen LogP contribution in [-0.2, 0) is 4.79 Å². The van der Waals surface area contributed by atoms with Crippen LogP contribution in [0.15, 0.2) is 29.3 Å². The summed E-state index contributed by atoms with van der Waals surface area (Å²) in [5.74, 6) is 0. The largest absolute Gasteiger partial charge is 0.334 e. The minimum absolute atomic E-state index is 0.441. The first kappa shape index (κ1) is 14.1. The normalized spacial score (nSPS) is 18.9. The number of halogens is 1. The molecule has 0 aromatic heterocycles. The van der Waals surface area contributed by atoms with Crippen molar-refractivity contribution in [3.8, 4) is 0 Å². The van der Waals surface area contributed by atoms with Crippen molar-refractivity contribution in [2.75, 3.05) is 0 Å². The number of benzene rings is 1. The lowest BCUT2D eigenvalue weighted by atomic mass is 9.89. The summed E-state index contributed by atoms with van der Waals surface area (Å²) in [6.07, 6.45) is 5.96. The molecule has 0 spiro atoms. The molecule has 0 radical (unpaired) electrons. The van der Waals surface area contributed by atoms with Gasteiger partial charge in [0.05, 0.1) is 0 Å². The molecule has 0 aliphatic heterocycles.